The summed E-state index contributed by atoms with van der Waals surface area (Å²) in [5.74, 6) is -0.325. The lowest BCUT2D eigenvalue weighted by Crippen LogP contribution is -2.35. The molecule has 0 radical (unpaired) electrons. The van der Waals surface area contributed by atoms with Crippen LogP contribution in [0.2, 0.25) is 0 Å². The molecule has 0 aliphatic heterocycles. The number of hydrogen-bond donors (Lipinski definition) is 2. The van der Waals surface area contributed by atoms with Gasteiger partial charge in [-0.15, -0.1) is 15.0 Å². The van der Waals surface area contributed by atoms with Gasteiger partial charge in [0.15, 0.2) is 0 Å². The van der Waals surface area contributed by atoms with E-state index in [4.69, 9.17) is 24.1 Å². The van der Waals surface area contributed by atoms with Crippen molar-refractivity contribution in [1.29, 1.82) is 0 Å². The van der Waals surface area contributed by atoms with E-state index in [1.54, 1.807) is 18.2 Å². The Kier molecular flexibility index (Phi) is 11.9. The summed E-state index contributed by atoms with van der Waals surface area (Å²) >= 11 is 0. The number of aliphatic hydroxyl groups is 1. The number of aromatic nitrogens is 3. The van der Waals surface area contributed by atoms with E-state index in [0.29, 0.717) is 62.6 Å². The number of benzene rings is 2. The summed E-state index contributed by atoms with van der Waals surface area (Å²) in [6.45, 7) is 6.69. The Balaban J connectivity index is 1.56. The fourth-order valence-electron chi connectivity index (χ4n) is 3.95. The van der Waals surface area contributed by atoms with E-state index in [9.17, 15) is 9.90 Å². The van der Waals surface area contributed by atoms with Crippen molar-refractivity contribution in [3.63, 3.8) is 0 Å². The number of ether oxygens (including phenoxy) is 4. The molecule has 10 heteroatoms. The van der Waals surface area contributed by atoms with Crippen LogP contribution in [0.15, 0.2) is 42.5 Å². The number of phenols is 1. The fourth-order valence-corrected chi connectivity index (χ4v) is 3.95. The van der Waals surface area contributed by atoms with E-state index in [2.05, 4.69) is 17.1 Å². The predicted octanol–water partition coefficient (Wildman–Crippen LogP) is 3.55. The predicted molar refractivity (Wildman–Crippen MR) is 143 cm³/mol. The molecule has 2 aromatic carbocycles. The highest BCUT2D eigenvalue weighted by atomic mass is 16.6. The number of rotatable bonds is 18. The molecule has 10 nitrogen and oxygen atoms in total. The van der Waals surface area contributed by atoms with Crippen molar-refractivity contribution in [3.05, 3.63) is 48.0 Å². The Morgan fingerprint density at radius 3 is 2.11 bits per heavy atom. The maximum absolute atomic E-state index is 13.3. The molecule has 38 heavy (non-hydrogen) atoms. The van der Waals surface area contributed by atoms with E-state index in [1.807, 2.05) is 31.2 Å². The Bertz CT molecular complexity index is 1100. The molecule has 0 spiro atoms. The molecule has 0 fully saturated rings. The minimum absolute atomic E-state index is 0.0209. The molecule has 1 unspecified atom stereocenters. The summed E-state index contributed by atoms with van der Waals surface area (Å²) in [5, 5.41) is 28.2. The minimum Gasteiger partial charge on any atom is -0.506 e. The Morgan fingerprint density at radius 2 is 1.50 bits per heavy atom. The molecular formula is C28H39N3O7. The highest BCUT2D eigenvalue weighted by molar-refractivity contribution is 5.83. The SMILES string of the molecule is CCCCC(C)(C(=O)OCCOCCOCCOCCCO)c1ccc(O)c(-n2nc3ccccc3n2)c1. The molecule has 0 saturated heterocycles. The van der Waals surface area contributed by atoms with Crippen LogP contribution in [-0.4, -0.2) is 84.0 Å². The van der Waals surface area contributed by atoms with E-state index >= 15 is 0 Å². The normalized spacial score (nSPS) is 13.0. The molecule has 0 aliphatic carbocycles. The summed E-state index contributed by atoms with van der Waals surface area (Å²) in [4.78, 5) is 14.7. The molecular weight excluding hydrogens is 490 g/mol. The highest BCUT2D eigenvalue weighted by Crippen LogP contribution is 2.35. The molecule has 3 rings (SSSR count). The smallest absolute Gasteiger partial charge is 0.316 e. The van der Waals surface area contributed by atoms with Crippen LogP contribution < -0.4 is 0 Å². The summed E-state index contributed by atoms with van der Waals surface area (Å²) in [6, 6.07) is 12.5. The van der Waals surface area contributed by atoms with Gasteiger partial charge in [0.2, 0.25) is 0 Å². The lowest BCUT2D eigenvalue weighted by atomic mass is 9.78. The van der Waals surface area contributed by atoms with Gasteiger partial charge in [-0.25, -0.2) is 0 Å². The van der Waals surface area contributed by atoms with Crippen molar-refractivity contribution in [1.82, 2.24) is 15.0 Å². The molecule has 0 bridgehead atoms. The molecule has 0 amide bonds. The first-order valence-electron chi connectivity index (χ1n) is 13.2. The summed E-state index contributed by atoms with van der Waals surface area (Å²) in [7, 11) is 0. The third-order valence-electron chi connectivity index (χ3n) is 6.25. The number of aliphatic hydroxyl groups excluding tert-OH is 1. The first-order valence-corrected chi connectivity index (χ1v) is 13.2. The van der Waals surface area contributed by atoms with Crippen LogP contribution in [0.1, 0.15) is 45.1 Å². The van der Waals surface area contributed by atoms with Crippen LogP contribution in [-0.2, 0) is 29.2 Å². The van der Waals surface area contributed by atoms with E-state index in [1.165, 1.54) is 4.80 Å². The standard InChI is InChI=1S/C28H39N3O7/c1-3-4-12-28(2,27(34)38-20-19-37-18-17-36-16-15-35-14-7-13-32)22-10-11-26(33)25(21-22)31-29-23-8-5-6-9-24(23)30-31/h5-6,8-11,21,32-33H,3-4,7,12-20H2,1-2H3. The number of esters is 1. The topological polar surface area (TPSA) is 125 Å². The van der Waals surface area contributed by atoms with Crippen molar-refractivity contribution >= 4 is 17.0 Å². The molecule has 208 valence electrons. The fraction of sp³-hybridized carbons (Fsp3) is 0.536. The Labute approximate surface area is 223 Å². The Hall–Kier alpha value is -3.05. The summed E-state index contributed by atoms with van der Waals surface area (Å²) in [6.07, 6.45) is 2.97. The van der Waals surface area contributed by atoms with Gasteiger partial charge in [-0.2, -0.15) is 0 Å². The van der Waals surface area contributed by atoms with Gasteiger partial charge in [-0.1, -0.05) is 38.0 Å². The molecule has 3 aromatic rings. The van der Waals surface area contributed by atoms with Crippen molar-refractivity contribution in [2.24, 2.45) is 0 Å². The third-order valence-corrected chi connectivity index (χ3v) is 6.25. The summed E-state index contributed by atoms with van der Waals surface area (Å²) in [5.41, 5.74) is 1.63. The lowest BCUT2D eigenvalue weighted by Gasteiger charge is -2.28. The number of phenolic OH excluding ortho intramolecular Hbond substituents is 1. The second-order valence-corrected chi connectivity index (χ2v) is 9.17. The number of fused-ring (bicyclic) bond motifs is 1. The second kappa shape index (κ2) is 15.4. The van der Waals surface area contributed by atoms with Crippen LogP contribution in [0.25, 0.3) is 16.7 Å². The maximum Gasteiger partial charge on any atom is 0.316 e. The van der Waals surface area contributed by atoms with Crippen molar-refractivity contribution in [2.45, 2.75) is 44.9 Å². The summed E-state index contributed by atoms with van der Waals surface area (Å²) < 4.78 is 21.9. The number of aromatic hydroxyl groups is 1. The molecule has 1 aromatic heterocycles. The molecule has 0 saturated carbocycles. The van der Waals surface area contributed by atoms with Crippen LogP contribution >= 0.6 is 0 Å². The third kappa shape index (κ3) is 8.22. The quantitative estimate of drug-likeness (QED) is 0.188. The zero-order valence-electron chi connectivity index (χ0n) is 22.3. The first-order chi connectivity index (χ1) is 18.5. The van der Waals surface area contributed by atoms with Crippen LogP contribution in [0.5, 0.6) is 5.75 Å². The number of unbranched alkanes of at least 4 members (excludes halogenated alkanes) is 1. The van der Waals surface area contributed by atoms with Crippen molar-refractivity contribution in [3.8, 4) is 11.4 Å². The number of carbonyl (C=O) groups is 1. The number of carbonyl (C=O) groups excluding carboxylic acids is 1. The first kappa shape index (κ1) is 29.5. The van der Waals surface area contributed by atoms with Gasteiger partial charge in [0, 0.05) is 13.2 Å². The zero-order valence-corrected chi connectivity index (χ0v) is 22.3. The van der Waals surface area contributed by atoms with Gasteiger partial charge in [0.05, 0.1) is 38.4 Å². The molecule has 0 aliphatic rings. The minimum atomic E-state index is -0.913. The van der Waals surface area contributed by atoms with Crippen molar-refractivity contribution in [2.75, 3.05) is 52.9 Å². The highest BCUT2D eigenvalue weighted by Gasteiger charge is 2.37. The van der Waals surface area contributed by atoms with Gasteiger partial charge >= 0.3 is 5.97 Å². The Morgan fingerprint density at radius 1 is 0.895 bits per heavy atom. The molecule has 1 atom stereocenters. The van der Waals surface area contributed by atoms with Gasteiger partial charge in [-0.3, -0.25) is 4.79 Å². The molecule has 1 heterocycles. The average molecular weight is 530 g/mol. The monoisotopic (exact) mass is 529 g/mol. The van der Waals surface area contributed by atoms with Crippen LogP contribution in [0.3, 0.4) is 0 Å². The van der Waals surface area contributed by atoms with Gasteiger partial charge in [0.25, 0.3) is 0 Å². The van der Waals surface area contributed by atoms with Gasteiger partial charge in [0.1, 0.15) is 29.1 Å². The number of nitrogens with zero attached hydrogens (tertiary/aromatic N) is 3. The van der Waals surface area contributed by atoms with Gasteiger partial charge < -0.3 is 29.2 Å². The van der Waals surface area contributed by atoms with Crippen molar-refractivity contribution < 1.29 is 34.0 Å². The van der Waals surface area contributed by atoms with Gasteiger partial charge in [-0.05, 0) is 49.6 Å². The number of hydrogen-bond acceptors (Lipinski definition) is 9. The average Bonchev–Trinajstić information content (AvgIpc) is 3.36. The second-order valence-electron chi connectivity index (χ2n) is 9.17. The van der Waals surface area contributed by atoms with Crippen LogP contribution in [0, 0.1) is 0 Å². The van der Waals surface area contributed by atoms with E-state index in [-0.39, 0.29) is 31.5 Å². The van der Waals surface area contributed by atoms with E-state index < -0.39 is 5.41 Å². The zero-order chi connectivity index (χ0) is 27.2. The molecule has 2 N–H and O–H groups in total. The largest absolute Gasteiger partial charge is 0.506 e. The lowest BCUT2D eigenvalue weighted by molar-refractivity contribution is -0.152. The van der Waals surface area contributed by atoms with E-state index in [0.717, 1.165) is 18.4 Å². The van der Waals surface area contributed by atoms with Crippen LogP contribution in [0.4, 0.5) is 0 Å². The maximum atomic E-state index is 13.3.